The number of nitrogens with zero attached hydrogens (tertiary/aromatic N) is 6. The molecule has 2 fully saturated rings. The number of nitrogens with one attached hydrogen (secondary N) is 1. The summed E-state index contributed by atoms with van der Waals surface area (Å²) in [5, 5.41) is 14.1. The normalized spacial score (nSPS) is 17.1. The van der Waals surface area contributed by atoms with Crippen LogP contribution in [0.2, 0.25) is 0 Å². The smallest absolute Gasteiger partial charge is 0.250 e. The van der Waals surface area contributed by atoms with Crippen LogP contribution in [0.3, 0.4) is 0 Å². The minimum absolute atomic E-state index is 0.160. The molecule has 2 aliphatic rings. The van der Waals surface area contributed by atoms with E-state index in [2.05, 4.69) is 62.2 Å². The van der Waals surface area contributed by atoms with E-state index in [0.29, 0.717) is 26.8 Å². The lowest BCUT2D eigenvalue weighted by atomic mass is 10.2. The molecule has 2 aromatic rings. The lowest BCUT2D eigenvalue weighted by Crippen LogP contribution is -2.25. The molecule has 0 saturated carbocycles. The quantitative estimate of drug-likeness (QED) is 0.467. The van der Waals surface area contributed by atoms with E-state index >= 15 is 0 Å². The van der Waals surface area contributed by atoms with E-state index in [4.69, 9.17) is 4.98 Å². The highest BCUT2D eigenvalue weighted by molar-refractivity contribution is 9.11. The number of hydrogen-bond acceptors (Lipinski definition) is 8. The van der Waals surface area contributed by atoms with Gasteiger partial charge in [0.15, 0.2) is 0 Å². The molecule has 1 aromatic carbocycles. The molecule has 2 aliphatic heterocycles. The van der Waals surface area contributed by atoms with Gasteiger partial charge in [-0.2, -0.15) is 20.1 Å². The molecule has 4 rings (SSSR count). The van der Waals surface area contributed by atoms with Gasteiger partial charge in [0.25, 0.3) is 0 Å². The Morgan fingerprint density at radius 3 is 1.89 bits per heavy atom. The molecule has 0 unspecified atom stereocenters. The van der Waals surface area contributed by atoms with Crippen molar-refractivity contribution in [1.29, 1.82) is 0 Å². The summed E-state index contributed by atoms with van der Waals surface area (Å²) < 4.78 is 1.19. The van der Waals surface area contributed by atoms with Gasteiger partial charge in [0, 0.05) is 26.2 Å². The lowest BCUT2D eigenvalue weighted by Gasteiger charge is -2.20. The summed E-state index contributed by atoms with van der Waals surface area (Å²) in [6, 6.07) is 3.56. The van der Waals surface area contributed by atoms with E-state index < -0.39 is 0 Å². The predicted molar refractivity (Wildman–Crippen MR) is 117 cm³/mol. The summed E-state index contributed by atoms with van der Waals surface area (Å²) in [6.07, 6.45) is 6.31. The van der Waals surface area contributed by atoms with Crippen molar-refractivity contribution in [2.45, 2.75) is 25.7 Å². The van der Waals surface area contributed by atoms with Gasteiger partial charge in [-0.25, -0.2) is 5.43 Å². The van der Waals surface area contributed by atoms with E-state index in [0.717, 1.165) is 57.4 Å². The van der Waals surface area contributed by atoms with Crippen LogP contribution < -0.4 is 15.2 Å². The molecule has 8 nitrogen and oxygen atoms in total. The monoisotopic (exact) mass is 509 g/mol. The number of anilines is 3. The summed E-state index contributed by atoms with van der Waals surface area (Å²) in [5.41, 5.74) is 3.75. The fourth-order valence-corrected chi connectivity index (χ4v) is 4.57. The van der Waals surface area contributed by atoms with Gasteiger partial charge in [0.1, 0.15) is 5.75 Å². The second-order valence-electron chi connectivity index (χ2n) is 6.85. The SMILES string of the molecule is Oc1c(Br)cc(C=NNc2nc(N3CCCC3)nc(N3CCCC3)n2)cc1Br. The molecule has 0 atom stereocenters. The molecule has 0 aliphatic carbocycles. The second kappa shape index (κ2) is 8.60. The zero-order valence-corrected chi connectivity index (χ0v) is 18.4. The van der Waals surface area contributed by atoms with Gasteiger partial charge in [0.05, 0.1) is 15.2 Å². The van der Waals surface area contributed by atoms with Gasteiger partial charge >= 0.3 is 0 Å². The molecule has 0 spiro atoms. The van der Waals surface area contributed by atoms with Gasteiger partial charge in [-0.1, -0.05) is 0 Å². The van der Waals surface area contributed by atoms with E-state index in [1.165, 1.54) is 0 Å². The first-order valence-corrected chi connectivity index (χ1v) is 10.9. The largest absolute Gasteiger partial charge is 0.506 e. The fraction of sp³-hybridized carbons (Fsp3) is 0.444. The number of hydrazone groups is 1. The molecule has 0 radical (unpaired) electrons. The highest BCUT2D eigenvalue weighted by Gasteiger charge is 2.21. The Bertz CT molecular complexity index is 823. The summed E-state index contributed by atoms with van der Waals surface area (Å²) in [5.74, 6) is 2.02. The van der Waals surface area contributed by atoms with Gasteiger partial charge in [0.2, 0.25) is 17.8 Å². The molecule has 0 amide bonds. The van der Waals surface area contributed by atoms with Crippen molar-refractivity contribution in [2.24, 2.45) is 5.10 Å². The first kappa shape index (κ1) is 19.4. The number of aromatic nitrogens is 3. The van der Waals surface area contributed by atoms with Crippen molar-refractivity contribution in [3.63, 3.8) is 0 Å². The van der Waals surface area contributed by atoms with Gasteiger partial charge in [-0.15, -0.1) is 0 Å². The maximum Gasteiger partial charge on any atom is 0.250 e. The van der Waals surface area contributed by atoms with Crippen LogP contribution in [0.1, 0.15) is 31.2 Å². The van der Waals surface area contributed by atoms with Crippen LogP contribution in [-0.2, 0) is 0 Å². The van der Waals surface area contributed by atoms with Crippen molar-refractivity contribution < 1.29 is 5.11 Å². The standard InChI is InChI=1S/C18H21Br2N7O/c19-13-9-12(10-14(20)15(13)28)11-21-25-16-22-17(26-5-1-2-6-26)24-18(23-16)27-7-3-4-8-27/h9-11,28H,1-8H2,(H,22,23,24,25). The summed E-state index contributed by atoms with van der Waals surface area (Å²) in [4.78, 5) is 18.2. The van der Waals surface area contributed by atoms with E-state index in [9.17, 15) is 5.11 Å². The Morgan fingerprint density at radius 1 is 0.893 bits per heavy atom. The molecular formula is C18H21Br2N7O. The number of hydrogen-bond donors (Lipinski definition) is 2. The number of aromatic hydroxyl groups is 1. The van der Waals surface area contributed by atoms with Crippen LogP contribution in [0, 0.1) is 0 Å². The van der Waals surface area contributed by atoms with Crippen molar-refractivity contribution in [3.05, 3.63) is 26.6 Å². The van der Waals surface area contributed by atoms with Crippen LogP contribution in [0.25, 0.3) is 0 Å². The maximum absolute atomic E-state index is 9.81. The Balaban J connectivity index is 1.55. The highest BCUT2D eigenvalue weighted by Crippen LogP contribution is 2.32. The van der Waals surface area contributed by atoms with Crippen molar-refractivity contribution >= 4 is 55.9 Å². The molecule has 148 valence electrons. The van der Waals surface area contributed by atoms with E-state index in [-0.39, 0.29) is 5.75 Å². The van der Waals surface area contributed by atoms with Crippen LogP contribution in [-0.4, -0.2) is 52.5 Å². The van der Waals surface area contributed by atoms with Crippen LogP contribution in [0.15, 0.2) is 26.2 Å². The molecule has 2 N–H and O–H groups in total. The molecular weight excluding hydrogens is 490 g/mol. The number of phenols is 1. The zero-order chi connectivity index (χ0) is 19.5. The maximum atomic E-state index is 9.81. The Kier molecular flexibility index (Phi) is 5.96. The minimum Gasteiger partial charge on any atom is -0.506 e. The third-order valence-corrected chi connectivity index (χ3v) is 6.02. The van der Waals surface area contributed by atoms with Crippen LogP contribution >= 0.6 is 31.9 Å². The van der Waals surface area contributed by atoms with Gasteiger partial charge in [-0.05, 0) is 75.2 Å². The molecule has 1 aromatic heterocycles. The average Bonchev–Trinajstić information content (AvgIpc) is 3.39. The lowest BCUT2D eigenvalue weighted by molar-refractivity contribution is 0.468. The first-order chi connectivity index (χ1) is 13.6. The van der Waals surface area contributed by atoms with Crippen LogP contribution in [0.5, 0.6) is 5.75 Å². The number of rotatable bonds is 5. The predicted octanol–water partition coefficient (Wildman–Crippen LogP) is 3.75. The molecule has 28 heavy (non-hydrogen) atoms. The highest BCUT2D eigenvalue weighted by atomic mass is 79.9. The fourth-order valence-electron chi connectivity index (χ4n) is 3.35. The topological polar surface area (TPSA) is 89.8 Å². The number of benzene rings is 1. The first-order valence-electron chi connectivity index (χ1n) is 9.33. The summed E-state index contributed by atoms with van der Waals surface area (Å²) >= 11 is 6.64. The minimum atomic E-state index is 0.160. The number of halogens is 2. The molecule has 2 saturated heterocycles. The van der Waals surface area contributed by atoms with Crippen molar-refractivity contribution in [2.75, 3.05) is 41.4 Å². The van der Waals surface area contributed by atoms with Gasteiger partial charge < -0.3 is 14.9 Å². The third kappa shape index (κ3) is 4.38. The third-order valence-electron chi connectivity index (χ3n) is 4.81. The van der Waals surface area contributed by atoms with Gasteiger partial charge in [-0.3, -0.25) is 0 Å². The zero-order valence-electron chi connectivity index (χ0n) is 15.3. The molecule has 0 bridgehead atoms. The Labute approximate surface area is 180 Å². The Morgan fingerprint density at radius 2 is 1.39 bits per heavy atom. The van der Waals surface area contributed by atoms with Crippen LogP contribution in [0.4, 0.5) is 17.8 Å². The summed E-state index contributed by atoms with van der Waals surface area (Å²) in [7, 11) is 0. The van der Waals surface area contributed by atoms with E-state index in [1.807, 2.05) is 0 Å². The average molecular weight is 511 g/mol. The van der Waals surface area contributed by atoms with Crippen molar-refractivity contribution in [3.8, 4) is 5.75 Å². The number of phenolic OH excluding ortho intramolecular Hbond substituents is 1. The Hall–Kier alpha value is -1.94. The molecule has 3 heterocycles. The van der Waals surface area contributed by atoms with E-state index in [1.54, 1.807) is 18.3 Å². The molecule has 10 heteroatoms. The second-order valence-corrected chi connectivity index (χ2v) is 8.56. The van der Waals surface area contributed by atoms with Crippen molar-refractivity contribution in [1.82, 2.24) is 15.0 Å². The summed E-state index contributed by atoms with van der Waals surface area (Å²) in [6.45, 7) is 3.90.